The molecule has 8 heteroatoms. The van der Waals surface area contributed by atoms with E-state index in [1.165, 1.54) is 6.92 Å². The summed E-state index contributed by atoms with van der Waals surface area (Å²) in [5.74, 6) is 0.731. The molecular formula is C20H19ClN4O3. The van der Waals surface area contributed by atoms with Crippen molar-refractivity contribution in [1.29, 1.82) is 0 Å². The minimum atomic E-state index is -0.142. The zero-order valence-electron chi connectivity index (χ0n) is 15.2. The number of aromatic nitrogens is 2. The Balaban J connectivity index is 1.45. The maximum absolute atomic E-state index is 12.1. The van der Waals surface area contributed by atoms with Crippen LogP contribution >= 0.6 is 11.6 Å². The summed E-state index contributed by atoms with van der Waals surface area (Å²) in [4.78, 5) is 27.4. The lowest BCUT2D eigenvalue weighted by atomic mass is 10.2. The van der Waals surface area contributed by atoms with Crippen LogP contribution in [0.4, 0.5) is 11.4 Å². The summed E-state index contributed by atoms with van der Waals surface area (Å²) in [6.45, 7) is 1.44. The maximum Gasteiger partial charge on any atom is 0.226 e. The van der Waals surface area contributed by atoms with E-state index in [-0.39, 0.29) is 11.8 Å². The lowest BCUT2D eigenvalue weighted by Crippen LogP contribution is -2.11. The number of carbonyl (C=O) groups is 2. The molecule has 2 amide bonds. The largest absolute Gasteiger partial charge is 0.339 e. The number of hydrogen-bond acceptors (Lipinski definition) is 5. The molecule has 1 aromatic heterocycles. The fourth-order valence-corrected chi connectivity index (χ4v) is 2.66. The zero-order valence-corrected chi connectivity index (χ0v) is 16.0. The number of hydrogen-bond donors (Lipinski definition) is 2. The van der Waals surface area contributed by atoms with Crippen molar-refractivity contribution >= 4 is 34.8 Å². The molecule has 0 fully saturated rings. The molecule has 0 saturated heterocycles. The van der Waals surface area contributed by atoms with E-state index in [1.807, 2.05) is 12.1 Å². The Bertz CT molecular complexity index is 952. The Labute approximate surface area is 167 Å². The standard InChI is InChI=1S/C20H19ClN4O3/c1-13(26)22-16-9-11-17(12-10-16)23-18(27)3-2-4-19-24-20(25-28-19)14-5-7-15(21)8-6-14/h5-12H,2-4H2,1H3,(H,22,26)(H,23,27). The summed E-state index contributed by atoms with van der Waals surface area (Å²) in [7, 11) is 0. The van der Waals surface area contributed by atoms with Crippen molar-refractivity contribution in [2.45, 2.75) is 26.2 Å². The van der Waals surface area contributed by atoms with Gasteiger partial charge in [-0.05, 0) is 55.0 Å². The van der Waals surface area contributed by atoms with E-state index in [0.29, 0.717) is 47.4 Å². The van der Waals surface area contributed by atoms with Gasteiger partial charge >= 0.3 is 0 Å². The molecule has 7 nitrogen and oxygen atoms in total. The fourth-order valence-electron chi connectivity index (χ4n) is 2.54. The molecule has 0 unspecified atom stereocenters. The van der Waals surface area contributed by atoms with E-state index >= 15 is 0 Å². The molecule has 0 aliphatic rings. The van der Waals surface area contributed by atoms with Gasteiger partial charge in [-0.15, -0.1) is 0 Å². The van der Waals surface area contributed by atoms with Gasteiger partial charge in [-0.25, -0.2) is 0 Å². The summed E-state index contributed by atoms with van der Waals surface area (Å²) in [5.41, 5.74) is 2.17. The van der Waals surface area contributed by atoms with E-state index in [9.17, 15) is 9.59 Å². The highest BCUT2D eigenvalue weighted by molar-refractivity contribution is 6.30. The third-order valence-electron chi connectivity index (χ3n) is 3.85. The topological polar surface area (TPSA) is 97.1 Å². The van der Waals surface area contributed by atoms with Crippen molar-refractivity contribution in [3.63, 3.8) is 0 Å². The minimum Gasteiger partial charge on any atom is -0.339 e. The SMILES string of the molecule is CC(=O)Nc1ccc(NC(=O)CCCc2nc(-c3ccc(Cl)cc3)no2)cc1. The molecule has 2 N–H and O–H groups in total. The van der Waals surface area contributed by atoms with Crippen LogP contribution in [0.25, 0.3) is 11.4 Å². The van der Waals surface area contributed by atoms with Crippen molar-refractivity contribution < 1.29 is 14.1 Å². The minimum absolute atomic E-state index is 0.107. The number of halogens is 1. The van der Waals surface area contributed by atoms with Crippen LogP contribution in [-0.2, 0) is 16.0 Å². The summed E-state index contributed by atoms with van der Waals surface area (Å²) in [6.07, 6.45) is 1.42. The monoisotopic (exact) mass is 398 g/mol. The average molecular weight is 399 g/mol. The second kappa shape index (κ2) is 9.14. The molecule has 0 aliphatic heterocycles. The summed E-state index contributed by atoms with van der Waals surface area (Å²) >= 11 is 5.87. The highest BCUT2D eigenvalue weighted by Crippen LogP contribution is 2.19. The smallest absolute Gasteiger partial charge is 0.226 e. The van der Waals surface area contributed by atoms with Gasteiger partial charge in [0.1, 0.15) is 0 Å². The van der Waals surface area contributed by atoms with Crippen LogP contribution in [0.15, 0.2) is 53.1 Å². The van der Waals surface area contributed by atoms with Gasteiger partial charge in [0.15, 0.2) is 0 Å². The number of rotatable bonds is 7. The van der Waals surface area contributed by atoms with E-state index in [1.54, 1.807) is 36.4 Å². The van der Waals surface area contributed by atoms with Crippen molar-refractivity contribution in [2.24, 2.45) is 0 Å². The average Bonchev–Trinajstić information content (AvgIpc) is 3.12. The number of amides is 2. The van der Waals surface area contributed by atoms with Crippen molar-refractivity contribution in [3.8, 4) is 11.4 Å². The number of aryl methyl sites for hydroxylation is 1. The number of benzene rings is 2. The van der Waals surface area contributed by atoms with E-state index in [2.05, 4.69) is 20.8 Å². The van der Waals surface area contributed by atoms with E-state index in [0.717, 1.165) is 5.56 Å². The summed E-state index contributed by atoms with van der Waals surface area (Å²) in [6, 6.07) is 14.1. The second-order valence-corrected chi connectivity index (χ2v) is 6.62. The molecule has 3 aromatic rings. The first-order chi connectivity index (χ1) is 13.5. The molecule has 0 radical (unpaired) electrons. The predicted octanol–water partition coefficient (Wildman–Crippen LogP) is 4.31. The molecule has 3 rings (SSSR count). The van der Waals surface area contributed by atoms with Crippen molar-refractivity contribution in [2.75, 3.05) is 10.6 Å². The molecular weight excluding hydrogens is 380 g/mol. The third kappa shape index (κ3) is 5.65. The first-order valence-electron chi connectivity index (χ1n) is 8.75. The van der Waals surface area contributed by atoms with Gasteiger partial charge in [-0.3, -0.25) is 9.59 Å². The first kappa shape index (κ1) is 19.6. The maximum atomic E-state index is 12.1. The molecule has 0 spiro atoms. The lowest BCUT2D eigenvalue weighted by molar-refractivity contribution is -0.116. The van der Waals surface area contributed by atoms with Gasteiger partial charge in [-0.2, -0.15) is 4.98 Å². The Morgan fingerprint density at radius 2 is 1.64 bits per heavy atom. The molecule has 28 heavy (non-hydrogen) atoms. The van der Waals surface area contributed by atoms with Crippen molar-refractivity contribution in [1.82, 2.24) is 10.1 Å². The first-order valence-corrected chi connectivity index (χ1v) is 9.13. The van der Waals surface area contributed by atoms with Crippen molar-refractivity contribution in [3.05, 3.63) is 59.4 Å². The highest BCUT2D eigenvalue weighted by atomic mass is 35.5. The zero-order chi connectivity index (χ0) is 19.9. The molecule has 0 saturated carbocycles. The summed E-state index contributed by atoms with van der Waals surface area (Å²) < 4.78 is 5.23. The molecule has 0 bridgehead atoms. The third-order valence-corrected chi connectivity index (χ3v) is 4.11. The van der Waals surface area contributed by atoms with E-state index in [4.69, 9.17) is 16.1 Å². The van der Waals surface area contributed by atoms with Gasteiger partial charge < -0.3 is 15.2 Å². The van der Waals surface area contributed by atoms with Crippen LogP contribution in [0.3, 0.4) is 0 Å². The van der Waals surface area contributed by atoms with Gasteiger partial charge in [-0.1, -0.05) is 16.8 Å². The lowest BCUT2D eigenvalue weighted by Gasteiger charge is -2.06. The van der Waals surface area contributed by atoms with Crippen LogP contribution in [0, 0.1) is 0 Å². The van der Waals surface area contributed by atoms with Crippen LogP contribution in [0.5, 0.6) is 0 Å². The van der Waals surface area contributed by atoms with Gasteiger partial charge in [0.05, 0.1) is 0 Å². The molecule has 2 aromatic carbocycles. The Hall–Kier alpha value is -3.19. The quantitative estimate of drug-likeness (QED) is 0.618. The van der Waals surface area contributed by atoms with Crippen LogP contribution in [0.2, 0.25) is 5.02 Å². The van der Waals surface area contributed by atoms with Gasteiger partial charge in [0.2, 0.25) is 23.5 Å². The molecule has 144 valence electrons. The number of anilines is 2. The molecule has 0 aliphatic carbocycles. The van der Waals surface area contributed by atoms with E-state index < -0.39 is 0 Å². The van der Waals surface area contributed by atoms with Crippen LogP contribution in [0.1, 0.15) is 25.7 Å². The molecule has 1 heterocycles. The van der Waals surface area contributed by atoms with Crippen LogP contribution < -0.4 is 10.6 Å². The van der Waals surface area contributed by atoms with Gasteiger partial charge in [0.25, 0.3) is 0 Å². The normalized spacial score (nSPS) is 10.5. The Morgan fingerprint density at radius 3 is 2.29 bits per heavy atom. The summed E-state index contributed by atoms with van der Waals surface area (Å²) in [5, 5.41) is 10.1. The number of nitrogens with one attached hydrogen (secondary N) is 2. The number of carbonyl (C=O) groups excluding carboxylic acids is 2. The Kier molecular flexibility index (Phi) is 6.39. The van der Waals surface area contributed by atoms with Crippen LogP contribution in [-0.4, -0.2) is 22.0 Å². The highest BCUT2D eigenvalue weighted by Gasteiger charge is 2.10. The second-order valence-electron chi connectivity index (χ2n) is 6.18. The fraction of sp³-hybridized carbons (Fsp3) is 0.200. The van der Waals surface area contributed by atoms with Gasteiger partial charge in [0, 0.05) is 41.7 Å². The Morgan fingerprint density at radius 1 is 1.00 bits per heavy atom. The molecule has 0 atom stereocenters. The number of nitrogens with zero attached hydrogens (tertiary/aromatic N) is 2. The predicted molar refractivity (Wildman–Crippen MR) is 107 cm³/mol.